The van der Waals surface area contributed by atoms with Gasteiger partial charge < -0.3 is 19.5 Å². The number of hydrogen-bond acceptors (Lipinski definition) is 5. The predicted octanol–water partition coefficient (Wildman–Crippen LogP) is 3.47. The number of carbonyl (C=O) groups excluding carboxylic acids is 1. The van der Waals surface area contributed by atoms with E-state index in [0.29, 0.717) is 30.4 Å². The van der Waals surface area contributed by atoms with Gasteiger partial charge in [0.15, 0.2) is 17.2 Å². The zero-order valence-electron chi connectivity index (χ0n) is 15.4. The number of carbonyl (C=O) groups is 1. The van der Waals surface area contributed by atoms with Crippen molar-refractivity contribution in [1.82, 2.24) is 15.1 Å². The fourth-order valence-electron chi connectivity index (χ4n) is 3.43. The van der Waals surface area contributed by atoms with E-state index in [2.05, 4.69) is 10.4 Å². The number of aromatic nitrogens is 2. The summed E-state index contributed by atoms with van der Waals surface area (Å²) in [6, 6.07) is 14.9. The highest BCUT2D eigenvalue weighted by Crippen LogP contribution is 2.36. The van der Waals surface area contributed by atoms with E-state index in [-0.39, 0.29) is 18.8 Å². The molecule has 5 rings (SSSR count). The number of fused-ring (bicyclic) bond motifs is 2. The molecule has 0 bridgehead atoms. The highest BCUT2D eigenvalue weighted by molar-refractivity contribution is 6.30. The van der Waals surface area contributed by atoms with Gasteiger partial charge in [-0.05, 0) is 41.5 Å². The largest absolute Gasteiger partial charge is 0.454 e. The lowest BCUT2D eigenvalue weighted by molar-refractivity contribution is -0.00128. The monoisotopic (exact) mass is 411 g/mol. The van der Waals surface area contributed by atoms with Crippen molar-refractivity contribution < 1.29 is 19.0 Å². The van der Waals surface area contributed by atoms with Crippen molar-refractivity contribution in [3.63, 3.8) is 0 Å². The van der Waals surface area contributed by atoms with Crippen LogP contribution in [0.5, 0.6) is 11.5 Å². The van der Waals surface area contributed by atoms with Crippen LogP contribution < -0.4 is 14.8 Å². The second-order valence-corrected chi connectivity index (χ2v) is 7.36. The van der Waals surface area contributed by atoms with Crippen molar-refractivity contribution in [2.45, 2.75) is 25.8 Å². The number of nitrogens with one attached hydrogen (secondary N) is 1. The number of amides is 1. The van der Waals surface area contributed by atoms with E-state index >= 15 is 0 Å². The van der Waals surface area contributed by atoms with Crippen LogP contribution in [0, 0.1) is 0 Å². The highest BCUT2D eigenvalue weighted by Gasteiger charge is 2.25. The third kappa shape index (κ3) is 3.66. The summed E-state index contributed by atoms with van der Waals surface area (Å²) in [5.74, 6) is 1.24. The minimum absolute atomic E-state index is 0.165. The first-order valence-electron chi connectivity index (χ1n) is 9.26. The molecule has 7 nitrogen and oxygen atoms in total. The van der Waals surface area contributed by atoms with Gasteiger partial charge in [0.05, 0.1) is 18.8 Å². The normalized spacial score (nSPS) is 17.1. The molecule has 1 aromatic heterocycles. The van der Waals surface area contributed by atoms with Crippen LogP contribution in [-0.4, -0.2) is 22.5 Å². The third-order valence-corrected chi connectivity index (χ3v) is 5.25. The summed E-state index contributed by atoms with van der Waals surface area (Å²) in [4.78, 5) is 12.5. The second kappa shape index (κ2) is 7.42. The van der Waals surface area contributed by atoms with Gasteiger partial charge in [-0.3, -0.25) is 9.48 Å². The molecule has 29 heavy (non-hydrogen) atoms. The number of hydrogen-bond donors (Lipinski definition) is 1. The van der Waals surface area contributed by atoms with E-state index in [1.54, 1.807) is 18.2 Å². The van der Waals surface area contributed by atoms with Crippen molar-refractivity contribution in [2.75, 3.05) is 6.79 Å². The fourth-order valence-corrected chi connectivity index (χ4v) is 3.55. The Morgan fingerprint density at radius 3 is 2.83 bits per heavy atom. The zero-order chi connectivity index (χ0) is 19.8. The van der Waals surface area contributed by atoms with E-state index in [1.165, 1.54) is 0 Å². The summed E-state index contributed by atoms with van der Waals surface area (Å²) in [6.07, 6.45) is -0.165. The molecule has 8 heteroatoms. The maximum absolute atomic E-state index is 12.5. The lowest BCUT2D eigenvalue weighted by Crippen LogP contribution is -2.24. The number of rotatable bonds is 4. The Kier molecular flexibility index (Phi) is 4.61. The maximum atomic E-state index is 12.5. The minimum atomic E-state index is -0.221. The van der Waals surface area contributed by atoms with Gasteiger partial charge in [-0.1, -0.05) is 29.8 Å². The molecule has 2 aliphatic heterocycles. The molecule has 3 heterocycles. The van der Waals surface area contributed by atoms with E-state index in [9.17, 15) is 4.79 Å². The molecule has 0 saturated carbocycles. The van der Waals surface area contributed by atoms with Crippen LogP contribution in [-0.2, 0) is 24.4 Å². The first-order chi connectivity index (χ1) is 14.2. The van der Waals surface area contributed by atoms with E-state index < -0.39 is 0 Å². The fraction of sp³-hybridized carbons (Fsp3) is 0.238. The molecule has 148 valence electrons. The lowest BCUT2D eigenvalue weighted by atomic mass is 10.1. The Hall–Kier alpha value is -3.03. The summed E-state index contributed by atoms with van der Waals surface area (Å²) in [5.41, 5.74) is 3.21. The Morgan fingerprint density at radius 2 is 1.97 bits per heavy atom. The topological polar surface area (TPSA) is 74.6 Å². The van der Waals surface area contributed by atoms with Gasteiger partial charge in [-0.15, -0.1) is 0 Å². The lowest BCUT2D eigenvalue weighted by Gasteiger charge is -2.24. The minimum Gasteiger partial charge on any atom is -0.454 e. The third-order valence-electron chi connectivity index (χ3n) is 5.00. The quantitative estimate of drug-likeness (QED) is 0.711. The predicted molar refractivity (Wildman–Crippen MR) is 105 cm³/mol. The maximum Gasteiger partial charge on any atom is 0.272 e. The molecule has 1 atom stereocenters. The Balaban J connectivity index is 1.26. The molecule has 0 saturated heterocycles. The molecule has 1 amide bonds. The van der Waals surface area contributed by atoms with Gasteiger partial charge >= 0.3 is 0 Å². The molecule has 0 radical (unpaired) electrons. The van der Waals surface area contributed by atoms with E-state index in [0.717, 1.165) is 28.3 Å². The van der Waals surface area contributed by atoms with E-state index in [1.807, 2.05) is 35.0 Å². The van der Waals surface area contributed by atoms with Crippen molar-refractivity contribution >= 4 is 17.5 Å². The molecule has 0 unspecified atom stereocenters. The number of nitrogens with zero attached hydrogens (tertiary/aromatic N) is 2. The van der Waals surface area contributed by atoms with Crippen molar-refractivity contribution in [3.05, 3.63) is 76.1 Å². The second-order valence-electron chi connectivity index (χ2n) is 6.92. The molecule has 0 aliphatic carbocycles. The molecule has 2 aromatic carbocycles. The van der Waals surface area contributed by atoms with Gasteiger partial charge in [0.25, 0.3) is 5.91 Å². The average molecular weight is 412 g/mol. The first-order valence-corrected chi connectivity index (χ1v) is 9.64. The van der Waals surface area contributed by atoms with Gasteiger partial charge in [0.2, 0.25) is 6.79 Å². The summed E-state index contributed by atoms with van der Waals surface area (Å²) >= 11 is 5.89. The number of ether oxygens (including phenoxy) is 3. The van der Waals surface area contributed by atoms with Crippen molar-refractivity contribution in [3.8, 4) is 11.5 Å². The van der Waals surface area contributed by atoms with E-state index in [4.69, 9.17) is 25.8 Å². The van der Waals surface area contributed by atoms with Crippen LogP contribution >= 0.6 is 11.6 Å². The van der Waals surface area contributed by atoms with Crippen LogP contribution in [0.1, 0.15) is 33.4 Å². The van der Waals surface area contributed by atoms with Gasteiger partial charge in [0.1, 0.15) is 6.10 Å². The van der Waals surface area contributed by atoms with Crippen molar-refractivity contribution in [2.24, 2.45) is 0 Å². The SMILES string of the molecule is O=C(NCc1ccc(Cl)cc1)c1cc2n(n1)C[C@H](c1ccc3c(c1)OCO3)OC2. The van der Waals surface area contributed by atoms with Crippen LogP contribution in [0.2, 0.25) is 5.02 Å². The molecular weight excluding hydrogens is 394 g/mol. The number of halogens is 1. The Labute approximate surface area is 172 Å². The smallest absolute Gasteiger partial charge is 0.272 e. The first kappa shape index (κ1) is 18.0. The van der Waals surface area contributed by atoms with Crippen molar-refractivity contribution in [1.29, 1.82) is 0 Å². The molecule has 0 spiro atoms. The highest BCUT2D eigenvalue weighted by atomic mass is 35.5. The Bertz CT molecular complexity index is 1060. The summed E-state index contributed by atoms with van der Waals surface area (Å²) < 4.78 is 18.6. The summed E-state index contributed by atoms with van der Waals surface area (Å²) in [5, 5.41) is 8.02. The Morgan fingerprint density at radius 1 is 1.14 bits per heavy atom. The summed E-state index contributed by atoms with van der Waals surface area (Å²) in [6.45, 7) is 1.56. The van der Waals surface area contributed by atoms with Crippen LogP contribution in [0.25, 0.3) is 0 Å². The molecule has 0 fully saturated rings. The summed E-state index contributed by atoms with van der Waals surface area (Å²) in [7, 11) is 0. The standard InChI is InChI=1S/C21H18ClN3O4/c22-15-4-1-13(2-5-15)9-23-21(26)17-8-16-11-27-20(10-25(16)24-17)14-3-6-18-19(7-14)29-12-28-18/h1-8,20H,9-12H2,(H,23,26)/t20-/m1/s1. The van der Waals surface area contributed by atoms with Crippen LogP contribution in [0.3, 0.4) is 0 Å². The molecular formula is C21H18ClN3O4. The number of benzene rings is 2. The zero-order valence-corrected chi connectivity index (χ0v) is 16.2. The molecule has 1 N–H and O–H groups in total. The van der Waals surface area contributed by atoms with Crippen LogP contribution in [0.4, 0.5) is 0 Å². The van der Waals surface area contributed by atoms with Gasteiger partial charge in [-0.2, -0.15) is 5.10 Å². The van der Waals surface area contributed by atoms with Gasteiger partial charge in [-0.25, -0.2) is 0 Å². The van der Waals surface area contributed by atoms with Gasteiger partial charge in [0, 0.05) is 11.6 Å². The average Bonchev–Trinajstić information content (AvgIpc) is 3.38. The molecule has 2 aliphatic rings. The van der Waals surface area contributed by atoms with Crippen LogP contribution in [0.15, 0.2) is 48.5 Å². The molecule has 3 aromatic rings.